The van der Waals surface area contributed by atoms with E-state index in [9.17, 15) is 21.4 Å². The molecule has 0 saturated heterocycles. The Labute approximate surface area is 82.0 Å². The minimum absolute atomic E-state index is 0.115. The second kappa shape index (κ2) is 4.63. The lowest BCUT2D eigenvalue weighted by molar-refractivity contribution is 0.482. The van der Waals surface area contributed by atoms with Crippen LogP contribution in [0.4, 0.5) is 0 Å². The third-order valence-corrected chi connectivity index (χ3v) is 5.81. The molecule has 0 atom stereocenters. The molecule has 0 aromatic rings. The summed E-state index contributed by atoms with van der Waals surface area (Å²) in [6, 6.07) is 0. The fourth-order valence-electron chi connectivity index (χ4n) is 0.488. The number of hydrogen-bond donors (Lipinski definition) is 0. The van der Waals surface area contributed by atoms with E-state index >= 15 is 0 Å². The summed E-state index contributed by atoms with van der Waals surface area (Å²) in [4.78, 5) is 0. The fraction of sp³-hybridized carbons (Fsp3) is 1.00. The first-order chi connectivity index (χ1) is 5.65. The van der Waals surface area contributed by atoms with Crippen LogP contribution >= 0.6 is 10.8 Å². The molecule has 0 aromatic heterocycles. The van der Waals surface area contributed by atoms with Gasteiger partial charge in [0.15, 0.2) is 9.84 Å². The van der Waals surface area contributed by atoms with Gasteiger partial charge in [0.1, 0.15) is 9.15 Å². The average molecular weight is 247 g/mol. The van der Waals surface area contributed by atoms with Crippen LogP contribution in [0.15, 0.2) is 0 Å². The Morgan fingerprint density at radius 3 is 2.00 bits per heavy atom. The zero-order valence-electron chi connectivity index (χ0n) is 7.26. The van der Waals surface area contributed by atoms with Gasteiger partial charge in [0.05, 0.1) is 11.0 Å². The lowest BCUT2D eigenvalue weighted by atomic mass is 10.6. The van der Waals surface area contributed by atoms with Crippen LogP contribution in [0.25, 0.3) is 0 Å². The van der Waals surface area contributed by atoms with Gasteiger partial charge in [0, 0.05) is 5.75 Å². The van der Waals surface area contributed by atoms with Gasteiger partial charge in [0.25, 0.3) is 0 Å². The quantitative estimate of drug-likeness (QED) is 0.502. The number of rotatable bonds is 5. The minimum Gasteiger partial charge on any atom is -0.739 e. The topological polar surface area (TPSA) is 91.3 Å². The Hall–Kier alpha value is 0.210. The second-order valence-corrected chi connectivity index (χ2v) is 8.72. The monoisotopic (exact) mass is 247 g/mol. The van der Waals surface area contributed by atoms with Crippen LogP contribution in [-0.4, -0.2) is 38.1 Å². The van der Waals surface area contributed by atoms with Crippen LogP contribution in [0.5, 0.6) is 0 Å². The van der Waals surface area contributed by atoms with Gasteiger partial charge in [-0.3, -0.25) is 0 Å². The van der Waals surface area contributed by atoms with Crippen molar-refractivity contribution in [3.05, 3.63) is 0 Å². The largest absolute Gasteiger partial charge is 0.739 e. The maximum absolute atomic E-state index is 11.1. The number of sulfone groups is 1. The lowest BCUT2D eigenvalue weighted by Crippen LogP contribution is -2.19. The Kier molecular flexibility index (Phi) is 4.70. The van der Waals surface area contributed by atoms with E-state index in [4.69, 9.17) is 0 Å². The van der Waals surface area contributed by atoms with Gasteiger partial charge in [-0.15, -0.1) is 0 Å². The highest BCUT2D eigenvalue weighted by Gasteiger charge is 2.15. The van der Waals surface area contributed by atoms with Crippen LogP contribution < -0.4 is 0 Å². The molecule has 0 radical (unpaired) electrons. The molecule has 0 fully saturated rings. The summed E-state index contributed by atoms with van der Waals surface area (Å²) in [5.74, 6) is -0.483. The predicted molar refractivity (Wildman–Crippen MR) is 51.1 cm³/mol. The second-order valence-electron chi connectivity index (χ2n) is 2.65. The molecule has 0 rings (SSSR count). The summed E-state index contributed by atoms with van der Waals surface area (Å²) in [6.45, 7) is 3.01. The van der Waals surface area contributed by atoms with Crippen LogP contribution in [0.3, 0.4) is 0 Å². The van der Waals surface area contributed by atoms with Crippen LogP contribution in [-0.2, 0) is 19.0 Å². The maximum Gasteiger partial charge on any atom is 0.153 e. The third kappa shape index (κ3) is 6.30. The van der Waals surface area contributed by atoms with Crippen molar-refractivity contribution in [1.29, 1.82) is 0 Å². The summed E-state index contributed by atoms with van der Waals surface area (Å²) < 4.78 is 52.5. The Bertz CT molecular complexity index is 338. The van der Waals surface area contributed by atoms with Crippen molar-refractivity contribution in [3.63, 3.8) is 0 Å². The molecule has 80 valence electrons. The molecule has 0 spiro atoms. The summed E-state index contributed by atoms with van der Waals surface area (Å²) in [5.41, 5.74) is 0. The molecule has 5 nitrogen and oxygen atoms in total. The molecule has 0 aliphatic carbocycles. The SMILES string of the molecule is CC(C)S(=O)(=O)CCSS(=O)(=O)[O-]. The molecule has 0 saturated carbocycles. The molecular formula is C5H11O5S3-. The van der Waals surface area contributed by atoms with E-state index in [2.05, 4.69) is 0 Å². The first kappa shape index (κ1) is 13.2. The first-order valence-electron chi connectivity index (χ1n) is 3.47. The Balaban J connectivity index is 4.07. The molecule has 0 amide bonds. The fourth-order valence-corrected chi connectivity index (χ4v) is 3.59. The van der Waals surface area contributed by atoms with E-state index in [1.165, 1.54) is 13.8 Å². The average Bonchev–Trinajstić information content (AvgIpc) is 1.82. The van der Waals surface area contributed by atoms with Crippen molar-refractivity contribution in [2.24, 2.45) is 0 Å². The van der Waals surface area contributed by atoms with Crippen molar-refractivity contribution < 1.29 is 21.4 Å². The standard InChI is InChI=1S/C5H12O5S3/c1-5(2)12(6,7)4-3-11-13(8,9)10/h5H,3-4H2,1-2H3,(H,8,9,10)/p-1. The smallest absolute Gasteiger partial charge is 0.153 e. The zero-order chi connectivity index (χ0) is 10.7. The number of hydrogen-bond acceptors (Lipinski definition) is 6. The van der Waals surface area contributed by atoms with Crippen LogP contribution in [0, 0.1) is 0 Å². The van der Waals surface area contributed by atoms with E-state index in [1.807, 2.05) is 0 Å². The highest BCUT2D eigenvalue weighted by atomic mass is 33.1. The van der Waals surface area contributed by atoms with Gasteiger partial charge >= 0.3 is 0 Å². The van der Waals surface area contributed by atoms with Crippen molar-refractivity contribution in [3.8, 4) is 0 Å². The predicted octanol–water partition coefficient (Wildman–Crippen LogP) is 0.00300. The molecule has 0 N–H and O–H groups in total. The summed E-state index contributed by atoms with van der Waals surface area (Å²) in [7, 11) is -7.50. The summed E-state index contributed by atoms with van der Waals surface area (Å²) in [6.07, 6.45) is 0. The third-order valence-electron chi connectivity index (χ3n) is 1.31. The molecule has 0 aliphatic heterocycles. The minimum atomic E-state index is -4.37. The Morgan fingerprint density at radius 1 is 1.23 bits per heavy atom. The van der Waals surface area contributed by atoms with Crippen LogP contribution in [0.1, 0.15) is 13.8 Å². The van der Waals surface area contributed by atoms with E-state index in [0.717, 1.165) is 0 Å². The molecular weight excluding hydrogens is 236 g/mol. The van der Waals surface area contributed by atoms with Crippen molar-refractivity contribution in [2.45, 2.75) is 19.1 Å². The summed E-state index contributed by atoms with van der Waals surface area (Å²) in [5, 5.41) is -0.539. The normalized spacial score (nSPS) is 13.5. The van der Waals surface area contributed by atoms with Gasteiger partial charge in [-0.2, -0.15) is 0 Å². The van der Waals surface area contributed by atoms with Crippen molar-refractivity contribution in [1.82, 2.24) is 0 Å². The highest BCUT2D eigenvalue weighted by Crippen LogP contribution is 2.11. The highest BCUT2D eigenvalue weighted by molar-refractivity contribution is 8.69. The molecule has 0 aliphatic rings. The molecule has 0 aromatic carbocycles. The molecule has 13 heavy (non-hydrogen) atoms. The van der Waals surface area contributed by atoms with E-state index in [1.54, 1.807) is 0 Å². The Morgan fingerprint density at radius 2 is 1.69 bits per heavy atom. The molecule has 0 heterocycles. The van der Waals surface area contributed by atoms with Crippen molar-refractivity contribution in [2.75, 3.05) is 11.5 Å². The zero-order valence-corrected chi connectivity index (χ0v) is 9.71. The van der Waals surface area contributed by atoms with Gasteiger partial charge in [-0.05, 0) is 24.6 Å². The maximum atomic E-state index is 11.1. The van der Waals surface area contributed by atoms with E-state index in [0.29, 0.717) is 0 Å². The molecule has 0 unspecified atom stereocenters. The van der Waals surface area contributed by atoms with Gasteiger partial charge < -0.3 is 4.55 Å². The molecule has 8 heteroatoms. The van der Waals surface area contributed by atoms with Gasteiger partial charge in [0.2, 0.25) is 0 Å². The summed E-state index contributed by atoms with van der Waals surface area (Å²) >= 11 is 0. The van der Waals surface area contributed by atoms with E-state index in [-0.39, 0.29) is 22.3 Å². The van der Waals surface area contributed by atoms with Gasteiger partial charge in [-0.1, -0.05) is 0 Å². The van der Waals surface area contributed by atoms with Crippen molar-refractivity contribution >= 4 is 29.8 Å². The molecule has 0 bridgehead atoms. The first-order valence-corrected chi connectivity index (χ1v) is 8.09. The van der Waals surface area contributed by atoms with Crippen LogP contribution in [0.2, 0.25) is 0 Å². The van der Waals surface area contributed by atoms with E-state index < -0.39 is 24.2 Å². The van der Waals surface area contributed by atoms with Gasteiger partial charge in [-0.25, -0.2) is 16.8 Å². The lowest BCUT2D eigenvalue weighted by Gasteiger charge is -2.08.